The monoisotopic (exact) mass is 446 g/mol. The molecule has 170 valence electrons. The summed E-state index contributed by atoms with van der Waals surface area (Å²) in [4.78, 5) is 38.3. The average Bonchev–Trinajstić information content (AvgIpc) is 2.83. The number of urea groups is 1. The van der Waals surface area contributed by atoms with Crippen molar-refractivity contribution in [3.05, 3.63) is 77.9 Å². The second-order valence-electron chi connectivity index (χ2n) is 8.18. The first-order valence-electron chi connectivity index (χ1n) is 11.0. The summed E-state index contributed by atoms with van der Waals surface area (Å²) in [7, 11) is 0. The maximum absolute atomic E-state index is 13.0. The topological polar surface area (TPSA) is 95.9 Å². The van der Waals surface area contributed by atoms with Gasteiger partial charge in [0.25, 0.3) is 0 Å². The Balaban J connectivity index is 1.56. The van der Waals surface area contributed by atoms with Crippen LogP contribution < -0.4 is 10.1 Å². The van der Waals surface area contributed by atoms with E-state index < -0.39 is 23.6 Å². The zero-order valence-corrected chi connectivity index (χ0v) is 18.6. The molecule has 0 radical (unpaired) electrons. The van der Waals surface area contributed by atoms with Crippen molar-refractivity contribution in [2.24, 2.45) is 5.41 Å². The van der Waals surface area contributed by atoms with E-state index in [0.717, 1.165) is 21.2 Å². The van der Waals surface area contributed by atoms with Crippen LogP contribution in [0.3, 0.4) is 0 Å². The molecule has 0 spiro atoms. The van der Waals surface area contributed by atoms with E-state index in [-0.39, 0.29) is 11.5 Å². The van der Waals surface area contributed by atoms with Gasteiger partial charge in [-0.05, 0) is 53.4 Å². The number of nitrogens with zero attached hydrogens (tertiary/aromatic N) is 1. The van der Waals surface area contributed by atoms with E-state index in [1.807, 2.05) is 44.2 Å². The van der Waals surface area contributed by atoms with E-state index >= 15 is 0 Å². The second kappa shape index (κ2) is 8.94. The van der Waals surface area contributed by atoms with E-state index in [4.69, 9.17) is 4.74 Å². The Morgan fingerprint density at radius 3 is 2.33 bits per heavy atom. The SMILES string of the molecule is CCC1(CC)C(=O)N(C(=O)NCc2ccccc2)C1Oc1ccc2cc(C(=O)O)ccc2c1. The molecule has 3 aromatic rings. The van der Waals surface area contributed by atoms with Crippen molar-refractivity contribution >= 4 is 28.7 Å². The van der Waals surface area contributed by atoms with Gasteiger partial charge in [0.15, 0.2) is 6.23 Å². The van der Waals surface area contributed by atoms with Crippen molar-refractivity contribution in [2.45, 2.75) is 39.5 Å². The zero-order chi connectivity index (χ0) is 23.6. The number of β-lactam (4-membered cyclic amide) rings is 1. The van der Waals surface area contributed by atoms with Gasteiger partial charge < -0.3 is 15.2 Å². The lowest BCUT2D eigenvalue weighted by Gasteiger charge is -2.53. The van der Waals surface area contributed by atoms with Gasteiger partial charge >= 0.3 is 12.0 Å². The number of amides is 3. The van der Waals surface area contributed by atoms with Crippen LogP contribution in [0.25, 0.3) is 10.8 Å². The fourth-order valence-corrected chi connectivity index (χ4v) is 4.32. The minimum absolute atomic E-state index is 0.206. The predicted molar refractivity (Wildman–Crippen MR) is 124 cm³/mol. The van der Waals surface area contributed by atoms with Crippen molar-refractivity contribution in [3.8, 4) is 5.75 Å². The van der Waals surface area contributed by atoms with Crippen LogP contribution in [0, 0.1) is 5.41 Å². The minimum atomic E-state index is -0.988. The average molecular weight is 447 g/mol. The fourth-order valence-electron chi connectivity index (χ4n) is 4.32. The highest BCUT2D eigenvalue weighted by Gasteiger charge is 2.62. The predicted octanol–water partition coefficient (Wildman–Crippen LogP) is 4.80. The molecule has 0 aromatic heterocycles. The highest BCUT2D eigenvalue weighted by Crippen LogP contribution is 2.46. The van der Waals surface area contributed by atoms with Crippen molar-refractivity contribution in [3.63, 3.8) is 0 Å². The minimum Gasteiger partial charge on any atom is -0.478 e. The van der Waals surface area contributed by atoms with Crippen molar-refractivity contribution in [1.29, 1.82) is 0 Å². The Hall–Kier alpha value is -3.87. The lowest BCUT2D eigenvalue weighted by Crippen LogP contribution is -2.73. The Morgan fingerprint density at radius 1 is 1.00 bits per heavy atom. The van der Waals surface area contributed by atoms with E-state index in [1.54, 1.807) is 30.3 Å². The van der Waals surface area contributed by atoms with Gasteiger partial charge in [0, 0.05) is 6.54 Å². The summed E-state index contributed by atoms with van der Waals surface area (Å²) in [5.41, 5.74) is 0.369. The number of carbonyl (C=O) groups is 3. The van der Waals surface area contributed by atoms with Gasteiger partial charge in [0.05, 0.1) is 5.56 Å². The fraction of sp³-hybridized carbons (Fsp3) is 0.269. The number of rotatable bonds is 7. The highest BCUT2D eigenvalue weighted by atomic mass is 16.5. The van der Waals surface area contributed by atoms with Gasteiger partial charge in [0.1, 0.15) is 11.2 Å². The molecule has 0 aliphatic carbocycles. The summed E-state index contributed by atoms with van der Waals surface area (Å²) in [5.74, 6) is -0.719. The van der Waals surface area contributed by atoms with Gasteiger partial charge in [-0.25, -0.2) is 14.5 Å². The van der Waals surface area contributed by atoms with Crippen LogP contribution in [0.1, 0.15) is 42.6 Å². The molecule has 1 fully saturated rings. The Bertz CT molecular complexity index is 1200. The highest BCUT2D eigenvalue weighted by molar-refractivity contribution is 6.03. The number of benzene rings is 3. The van der Waals surface area contributed by atoms with Crippen LogP contribution in [0.2, 0.25) is 0 Å². The van der Waals surface area contributed by atoms with Crippen LogP contribution in [-0.2, 0) is 11.3 Å². The van der Waals surface area contributed by atoms with Gasteiger partial charge in [-0.1, -0.05) is 56.3 Å². The van der Waals surface area contributed by atoms with Gasteiger partial charge in [-0.15, -0.1) is 0 Å². The van der Waals surface area contributed by atoms with Gasteiger partial charge in [-0.3, -0.25) is 4.79 Å². The molecular weight excluding hydrogens is 420 g/mol. The molecule has 1 aliphatic heterocycles. The van der Waals surface area contributed by atoms with Crippen molar-refractivity contribution < 1.29 is 24.2 Å². The second-order valence-corrected chi connectivity index (χ2v) is 8.18. The Labute approximate surface area is 192 Å². The summed E-state index contributed by atoms with van der Waals surface area (Å²) < 4.78 is 6.22. The lowest BCUT2D eigenvalue weighted by atomic mass is 9.72. The Kier molecular flexibility index (Phi) is 6.05. The summed E-state index contributed by atoms with van der Waals surface area (Å²) in [6.07, 6.45) is 0.363. The molecule has 4 rings (SSSR count). The molecule has 2 N–H and O–H groups in total. The normalized spacial score (nSPS) is 16.8. The van der Waals surface area contributed by atoms with Gasteiger partial charge in [0.2, 0.25) is 5.91 Å². The molecule has 1 aliphatic rings. The van der Waals surface area contributed by atoms with Crippen LogP contribution in [0.15, 0.2) is 66.7 Å². The smallest absolute Gasteiger partial charge is 0.335 e. The number of aromatic carboxylic acids is 1. The van der Waals surface area contributed by atoms with E-state index in [1.165, 1.54) is 6.07 Å². The third-order valence-corrected chi connectivity index (χ3v) is 6.43. The van der Waals surface area contributed by atoms with E-state index in [2.05, 4.69) is 5.32 Å². The number of likely N-dealkylation sites (tertiary alicyclic amines) is 1. The molecule has 7 heteroatoms. The molecular formula is C26H26N2O5. The maximum atomic E-state index is 13.0. The Morgan fingerprint density at radius 2 is 1.67 bits per heavy atom. The number of imide groups is 1. The maximum Gasteiger partial charge on any atom is 0.335 e. The number of carboxylic acid groups (broad SMARTS) is 1. The number of ether oxygens (including phenoxy) is 1. The van der Waals surface area contributed by atoms with E-state index in [0.29, 0.717) is 25.1 Å². The summed E-state index contributed by atoms with van der Waals surface area (Å²) in [6, 6.07) is 19.1. The third-order valence-electron chi connectivity index (χ3n) is 6.43. The lowest BCUT2D eigenvalue weighted by molar-refractivity contribution is -0.190. The molecule has 0 saturated carbocycles. The van der Waals surface area contributed by atoms with Crippen molar-refractivity contribution in [2.75, 3.05) is 0 Å². The van der Waals surface area contributed by atoms with E-state index in [9.17, 15) is 19.5 Å². The van der Waals surface area contributed by atoms with Crippen molar-refractivity contribution in [1.82, 2.24) is 10.2 Å². The molecule has 1 unspecified atom stereocenters. The zero-order valence-electron chi connectivity index (χ0n) is 18.6. The van der Waals surface area contributed by atoms with Crippen LogP contribution >= 0.6 is 0 Å². The third kappa shape index (κ3) is 4.02. The molecule has 7 nitrogen and oxygen atoms in total. The number of hydrogen-bond donors (Lipinski definition) is 2. The molecule has 3 aromatic carbocycles. The quantitative estimate of drug-likeness (QED) is 0.508. The van der Waals surface area contributed by atoms with Crippen LogP contribution in [0.4, 0.5) is 4.79 Å². The molecule has 1 atom stereocenters. The van der Waals surface area contributed by atoms with Gasteiger partial charge in [-0.2, -0.15) is 0 Å². The molecule has 1 saturated heterocycles. The molecule has 33 heavy (non-hydrogen) atoms. The van der Waals surface area contributed by atoms with Crippen LogP contribution in [-0.4, -0.2) is 34.1 Å². The first-order chi connectivity index (χ1) is 15.9. The number of carbonyl (C=O) groups excluding carboxylic acids is 2. The molecule has 0 bridgehead atoms. The number of hydrogen-bond acceptors (Lipinski definition) is 4. The number of fused-ring (bicyclic) bond motifs is 1. The summed E-state index contributed by atoms with van der Waals surface area (Å²) in [6.45, 7) is 4.15. The molecule has 1 heterocycles. The molecule has 3 amide bonds. The largest absolute Gasteiger partial charge is 0.478 e. The summed E-state index contributed by atoms with van der Waals surface area (Å²) in [5, 5.41) is 13.6. The number of nitrogens with one attached hydrogen (secondary N) is 1. The first kappa shape index (κ1) is 22.3. The number of carboxylic acids is 1. The van der Waals surface area contributed by atoms with Crippen LogP contribution in [0.5, 0.6) is 5.75 Å². The first-order valence-corrected chi connectivity index (χ1v) is 11.0. The standard InChI is InChI=1S/C26H26N2O5/c1-3-26(4-2)23(31)28(25(32)27-16-17-8-6-5-7-9-17)24(26)33-21-13-12-18-14-20(22(29)30)11-10-19(18)15-21/h5-15,24H,3-4,16H2,1-2H3,(H,27,32)(H,29,30). The summed E-state index contributed by atoms with van der Waals surface area (Å²) >= 11 is 0.